The second-order valence-electron chi connectivity index (χ2n) is 3.35. The Morgan fingerprint density at radius 2 is 1.94 bits per heavy atom. The van der Waals surface area contributed by atoms with Crippen molar-refractivity contribution in [3.63, 3.8) is 0 Å². The first-order valence-corrected chi connectivity index (χ1v) is 5.67. The molecule has 16 heavy (non-hydrogen) atoms. The van der Waals surface area contributed by atoms with Crippen LogP contribution in [-0.4, -0.2) is 10.1 Å². The van der Waals surface area contributed by atoms with Crippen LogP contribution in [0, 0.1) is 0 Å². The number of aromatic hydroxyl groups is 1. The average molecular weight is 279 g/mol. The Labute approximate surface area is 102 Å². The molecule has 0 atom stereocenters. The molecule has 0 bridgehead atoms. The highest BCUT2D eigenvalue weighted by atomic mass is 79.9. The molecule has 0 radical (unpaired) electrons. The zero-order valence-corrected chi connectivity index (χ0v) is 10.1. The van der Waals surface area contributed by atoms with Crippen LogP contribution in [0.4, 0.5) is 5.69 Å². The zero-order valence-electron chi connectivity index (χ0n) is 8.52. The molecule has 0 unspecified atom stereocenters. The molecule has 2 rings (SSSR count). The Morgan fingerprint density at radius 1 is 1.19 bits per heavy atom. The SMILES string of the molecule is Oc1ccc(NCc2cccnc2Br)cc1. The van der Waals surface area contributed by atoms with Crippen LogP contribution in [0.15, 0.2) is 47.2 Å². The molecule has 0 fully saturated rings. The molecule has 0 spiro atoms. The lowest BCUT2D eigenvalue weighted by Gasteiger charge is -2.07. The third kappa shape index (κ3) is 2.73. The standard InChI is InChI=1S/C12H11BrN2O/c13-12-9(2-1-7-14-12)8-15-10-3-5-11(16)6-4-10/h1-7,15-16H,8H2. The number of anilines is 1. The third-order valence-corrected chi connectivity index (χ3v) is 2.90. The topological polar surface area (TPSA) is 45.1 Å². The van der Waals surface area contributed by atoms with E-state index < -0.39 is 0 Å². The molecule has 0 saturated heterocycles. The Hall–Kier alpha value is -1.55. The number of hydrogen-bond acceptors (Lipinski definition) is 3. The van der Waals surface area contributed by atoms with E-state index in [-0.39, 0.29) is 5.75 Å². The van der Waals surface area contributed by atoms with E-state index in [0.29, 0.717) is 6.54 Å². The van der Waals surface area contributed by atoms with Crippen LogP contribution in [0.2, 0.25) is 0 Å². The van der Waals surface area contributed by atoms with Gasteiger partial charge in [0.1, 0.15) is 10.4 Å². The van der Waals surface area contributed by atoms with Gasteiger partial charge < -0.3 is 10.4 Å². The number of phenols is 1. The van der Waals surface area contributed by atoms with Gasteiger partial charge in [0, 0.05) is 24.0 Å². The molecule has 2 aromatic rings. The van der Waals surface area contributed by atoms with E-state index in [0.717, 1.165) is 15.9 Å². The van der Waals surface area contributed by atoms with E-state index in [1.54, 1.807) is 18.3 Å². The van der Waals surface area contributed by atoms with Gasteiger partial charge in [0.05, 0.1) is 0 Å². The Kier molecular flexibility index (Phi) is 3.41. The Morgan fingerprint density at radius 3 is 2.62 bits per heavy atom. The molecule has 0 aliphatic carbocycles. The van der Waals surface area contributed by atoms with E-state index in [1.165, 1.54) is 0 Å². The van der Waals surface area contributed by atoms with Gasteiger partial charge in [-0.15, -0.1) is 0 Å². The summed E-state index contributed by atoms with van der Waals surface area (Å²) in [4.78, 5) is 4.14. The van der Waals surface area contributed by atoms with Crippen LogP contribution >= 0.6 is 15.9 Å². The van der Waals surface area contributed by atoms with Crippen LogP contribution in [0.3, 0.4) is 0 Å². The molecular weight excluding hydrogens is 268 g/mol. The molecule has 1 aromatic carbocycles. The molecular formula is C12H11BrN2O. The number of halogens is 1. The first-order chi connectivity index (χ1) is 7.75. The first kappa shape index (κ1) is 11.0. The van der Waals surface area contributed by atoms with Gasteiger partial charge in [-0.1, -0.05) is 6.07 Å². The highest BCUT2D eigenvalue weighted by Crippen LogP contribution is 2.17. The fourth-order valence-corrected chi connectivity index (χ4v) is 1.72. The second-order valence-corrected chi connectivity index (χ2v) is 4.10. The van der Waals surface area contributed by atoms with E-state index in [2.05, 4.69) is 26.2 Å². The monoisotopic (exact) mass is 278 g/mol. The molecule has 0 saturated carbocycles. The summed E-state index contributed by atoms with van der Waals surface area (Å²) in [7, 11) is 0. The summed E-state index contributed by atoms with van der Waals surface area (Å²) in [6.45, 7) is 0.694. The summed E-state index contributed by atoms with van der Waals surface area (Å²) in [5.41, 5.74) is 2.06. The summed E-state index contributed by atoms with van der Waals surface area (Å²) < 4.78 is 0.848. The van der Waals surface area contributed by atoms with Crippen molar-refractivity contribution in [3.8, 4) is 5.75 Å². The van der Waals surface area contributed by atoms with Crippen molar-refractivity contribution < 1.29 is 5.11 Å². The fraction of sp³-hybridized carbons (Fsp3) is 0.0833. The van der Waals surface area contributed by atoms with E-state index in [9.17, 15) is 0 Å². The Bertz CT molecular complexity index is 471. The van der Waals surface area contributed by atoms with Crippen molar-refractivity contribution in [2.75, 3.05) is 5.32 Å². The lowest BCUT2D eigenvalue weighted by Crippen LogP contribution is -2.00. The van der Waals surface area contributed by atoms with Crippen LogP contribution in [0.25, 0.3) is 0 Å². The number of phenolic OH excluding ortho intramolecular Hbond substituents is 1. The number of aromatic nitrogens is 1. The number of rotatable bonds is 3. The van der Waals surface area contributed by atoms with Gasteiger partial charge in [-0.25, -0.2) is 4.98 Å². The van der Waals surface area contributed by atoms with Crippen molar-refractivity contribution in [1.29, 1.82) is 0 Å². The summed E-state index contributed by atoms with van der Waals surface area (Å²) >= 11 is 3.39. The predicted molar refractivity (Wildman–Crippen MR) is 67.4 cm³/mol. The summed E-state index contributed by atoms with van der Waals surface area (Å²) in [5.74, 6) is 0.271. The number of benzene rings is 1. The third-order valence-electron chi connectivity index (χ3n) is 2.19. The van der Waals surface area contributed by atoms with Crippen molar-refractivity contribution in [1.82, 2.24) is 4.98 Å². The van der Waals surface area contributed by atoms with Crippen molar-refractivity contribution in [3.05, 3.63) is 52.8 Å². The summed E-state index contributed by atoms with van der Waals surface area (Å²) in [6.07, 6.45) is 1.74. The minimum absolute atomic E-state index is 0.271. The molecule has 1 aromatic heterocycles. The van der Waals surface area contributed by atoms with Crippen LogP contribution < -0.4 is 5.32 Å². The van der Waals surface area contributed by atoms with Crippen molar-refractivity contribution in [2.45, 2.75) is 6.54 Å². The highest BCUT2D eigenvalue weighted by molar-refractivity contribution is 9.10. The minimum atomic E-state index is 0.271. The smallest absolute Gasteiger partial charge is 0.115 e. The lowest BCUT2D eigenvalue weighted by atomic mass is 10.2. The van der Waals surface area contributed by atoms with Crippen LogP contribution in [0.5, 0.6) is 5.75 Å². The summed E-state index contributed by atoms with van der Waals surface area (Å²) in [6, 6.07) is 10.9. The van der Waals surface area contributed by atoms with Gasteiger partial charge >= 0.3 is 0 Å². The maximum Gasteiger partial charge on any atom is 0.115 e. The van der Waals surface area contributed by atoms with E-state index in [1.807, 2.05) is 24.3 Å². The molecule has 4 heteroatoms. The van der Waals surface area contributed by atoms with E-state index in [4.69, 9.17) is 5.11 Å². The number of nitrogens with one attached hydrogen (secondary N) is 1. The van der Waals surface area contributed by atoms with Gasteiger partial charge in [-0.05, 0) is 46.3 Å². The zero-order chi connectivity index (χ0) is 11.4. The molecule has 0 aliphatic heterocycles. The van der Waals surface area contributed by atoms with Crippen molar-refractivity contribution >= 4 is 21.6 Å². The van der Waals surface area contributed by atoms with Crippen molar-refractivity contribution in [2.24, 2.45) is 0 Å². The van der Waals surface area contributed by atoms with Crippen LogP contribution in [-0.2, 0) is 6.54 Å². The van der Waals surface area contributed by atoms with Gasteiger partial charge in [-0.2, -0.15) is 0 Å². The quantitative estimate of drug-likeness (QED) is 0.670. The molecule has 2 N–H and O–H groups in total. The highest BCUT2D eigenvalue weighted by Gasteiger charge is 1.99. The number of pyridine rings is 1. The number of hydrogen-bond donors (Lipinski definition) is 2. The van der Waals surface area contributed by atoms with Gasteiger partial charge in [0.25, 0.3) is 0 Å². The summed E-state index contributed by atoms with van der Waals surface area (Å²) in [5, 5.41) is 12.4. The van der Waals surface area contributed by atoms with Gasteiger partial charge in [0.15, 0.2) is 0 Å². The first-order valence-electron chi connectivity index (χ1n) is 4.88. The van der Waals surface area contributed by atoms with Gasteiger partial charge in [0.2, 0.25) is 0 Å². The van der Waals surface area contributed by atoms with E-state index >= 15 is 0 Å². The molecule has 3 nitrogen and oxygen atoms in total. The average Bonchev–Trinajstić information content (AvgIpc) is 2.30. The minimum Gasteiger partial charge on any atom is -0.508 e. The van der Waals surface area contributed by atoms with Crippen LogP contribution in [0.1, 0.15) is 5.56 Å². The van der Waals surface area contributed by atoms with Gasteiger partial charge in [-0.3, -0.25) is 0 Å². The Balaban J connectivity index is 2.02. The maximum absolute atomic E-state index is 9.14. The fourth-order valence-electron chi connectivity index (χ4n) is 1.33. The maximum atomic E-state index is 9.14. The normalized spacial score (nSPS) is 10.1. The molecule has 0 aliphatic rings. The molecule has 1 heterocycles. The predicted octanol–water partition coefficient (Wildman–Crippen LogP) is 3.16. The lowest BCUT2D eigenvalue weighted by molar-refractivity contribution is 0.475. The molecule has 0 amide bonds. The largest absolute Gasteiger partial charge is 0.508 e. The number of nitrogens with zero attached hydrogens (tertiary/aromatic N) is 1. The second kappa shape index (κ2) is 4.99. The molecule has 82 valence electrons.